The Labute approximate surface area is 91.8 Å². The number of ether oxygens (including phenoxy) is 1. The Bertz CT molecular complexity index is 402. The summed E-state index contributed by atoms with van der Waals surface area (Å²) >= 11 is 3.48. The van der Waals surface area contributed by atoms with E-state index in [9.17, 15) is 0 Å². The molecule has 0 bridgehead atoms. The van der Waals surface area contributed by atoms with E-state index in [1.807, 2.05) is 0 Å². The fourth-order valence-corrected chi connectivity index (χ4v) is 2.64. The fourth-order valence-electron chi connectivity index (χ4n) is 2.28. The Kier molecular flexibility index (Phi) is 1.58. The third-order valence-corrected chi connectivity index (χ3v) is 3.67. The van der Waals surface area contributed by atoms with Crippen molar-refractivity contribution in [3.05, 3.63) is 28.2 Å². The Balaban J connectivity index is 2.17. The maximum Gasteiger partial charge on any atom is 0.155 e. The van der Waals surface area contributed by atoms with E-state index in [1.165, 1.54) is 11.3 Å². The summed E-state index contributed by atoms with van der Waals surface area (Å²) in [6.45, 7) is 4.48. The molecule has 1 saturated heterocycles. The smallest absolute Gasteiger partial charge is 0.155 e. The predicted molar refractivity (Wildman–Crippen MR) is 59.5 cm³/mol. The molecular formula is C11H12BrNO. The summed E-state index contributed by atoms with van der Waals surface area (Å²) in [4.78, 5) is 0. The molecule has 1 N–H and O–H groups in total. The topological polar surface area (TPSA) is 24.6 Å². The maximum atomic E-state index is 5.59. The van der Waals surface area contributed by atoms with Crippen LogP contribution in [-0.4, -0.2) is 12.3 Å². The van der Waals surface area contributed by atoms with Crippen LogP contribution in [0.5, 0.6) is 0 Å². The Morgan fingerprint density at radius 2 is 2.21 bits per heavy atom. The fraction of sp³-hybridized carbons (Fsp3) is 0.455. The lowest BCUT2D eigenvalue weighted by Gasteiger charge is -2.30. The van der Waals surface area contributed by atoms with E-state index in [0.717, 1.165) is 4.47 Å². The number of rotatable bonds is 0. The SMILES string of the molecule is CC1(C)c2ccc(Br)cc2NC2OC21. The lowest BCUT2D eigenvalue weighted by atomic mass is 9.78. The highest BCUT2D eigenvalue weighted by Crippen LogP contribution is 2.48. The van der Waals surface area contributed by atoms with Gasteiger partial charge in [-0.3, -0.25) is 0 Å². The second-order valence-corrected chi connectivity index (χ2v) is 5.45. The molecule has 74 valence electrons. The van der Waals surface area contributed by atoms with Crippen molar-refractivity contribution in [2.24, 2.45) is 0 Å². The zero-order valence-electron chi connectivity index (χ0n) is 8.17. The summed E-state index contributed by atoms with van der Waals surface area (Å²) in [6, 6.07) is 6.38. The quantitative estimate of drug-likeness (QED) is 0.720. The van der Waals surface area contributed by atoms with Gasteiger partial charge in [-0.1, -0.05) is 35.8 Å². The number of halogens is 1. The predicted octanol–water partition coefficient (Wildman–Crippen LogP) is 2.88. The van der Waals surface area contributed by atoms with E-state index in [1.54, 1.807) is 0 Å². The molecule has 1 aromatic carbocycles. The average molecular weight is 254 g/mol. The lowest BCUT2D eigenvalue weighted by molar-refractivity contribution is 0.316. The molecule has 0 aromatic heterocycles. The van der Waals surface area contributed by atoms with Gasteiger partial charge in [0.15, 0.2) is 6.23 Å². The van der Waals surface area contributed by atoms with Crippen LogP contribution in [-0.2, 0) is 10.2 Å². The number of fused-ring (bicyclic) bond motifs is 2. The molecule has 0 saturated carbocycles. The molecule has 1 aromatic rings. The van der Waals surface area contributed by atoms with Crippen molar-refractivity contribution in [3.8, 4) is 0 Å². The first kappa shape index (κ1) is 8.74. The van der Waals surface area contributed by atoms with Gasteiger partial charge in [0.1, 0.15) is 6.10 Å². The molecule has 14 heavy (non-hydrogen) atoms. The highest BCUT2D eigenvalue weighted by Gasteiger charge is 2.54. The van der Waals surface area contributed by atoms with Gasteiger partial charge in [0.2, 0.25) is 0 Å². The van der Waals surface area contributed by atoms with Gasteiger partial charge in [-0.15, -0.1) is 0 Å². The summed E-state index contributed by atoms with van der Waals surface area (Å²) in [5.74, 6) is 0. The number of hydrogen-bond acceptors (Lipinski definition) is 2. The third kappa shape index (κ3) is 1.06. The van der Waals surface area contributed by atoms with Gasteiger partial charge in [0.25, 0.3) is 0 Å². The van der Waals surface area contributed by atoms with Crippen molar-refractivity contribution >= 4 is 21.6 Å². The van der Waals surface area contributed by atoms with Crippen LogP contribution in [0.4, 0.5) is 5.69 Å². The van der Waals surface area contributed by atoms with Crippen LogP contribution in [0.15, 0.2) is 22.7 Å². The third-order valence-electron chi connectivity index (χ3n) is 3.18. The largest absolute Gasteiger partial charge is 0.358 e. The molecule has 0 amide bonds. The van der Waals surface area contributed by atoms with E-state index in [0.29, 0.717) is 6.10 Å². The van der Waals surface area contributed by atoms with Crippen molar-refractivity contribution in [3.63, 3.8) is 0 Å². The van der Waals surface area contributed by atoms with Gasteiger partial charge in [-0.25, -0.2) is 0 Å². The van der Waals surface area contributed by atoms with E-state index in [2.05, 4.69) is 53.3 Å². The standard InChI is InChI=1S/C11H12BrNO/c1-11(2)7-4-3-6(12)5-8(7)13-10-9(11)14-10/h3-5,9-10,13H,1-2H3. The summed E-state index contributed by atoms with van der Waals surface area (Å²) in [7, 11) is 0. The molecule has 2 aliphatic heterocycles. The van der Waals surface area contributed by atoms with E-state index in [-0.39, 0.29) is 11.6 Å². The highest BCUT2D eigenvalue weighted by atomic mass is 79.9. The van der Waals surface area contributed by atoms with Gasteiger partial charge >= 0.3 is 0 Å². The van der Waals surface area contributed by atoms with Crippen molar-refractivity contribution in [2.45, 2.75) is 31.6 Å². The van der Waals surface area contributed by atoms with Gasteiger partial charge < -0.3 is 10.1 Å². The van der Waals surface area contributed by atoms with Crippen molar-refractivity contribution in [1.29, 1.82) is 0 Å². The second kappa shape index (κ2) is 2.52. The van der Waals surface area contributed by atoms with Crippen LogP contribution in [0.1, 0.15) is 19.4 Å². The highest BCUT2D eigenvalue weighted by molar-refractivity contribution is 9.10. The molecule has 2 aliphatic rings. The summed E-state index contributed by atoms with van der Waals surface area (Å²) in [5.41, 5.74) is 2.67. The summed E-state index contributed by atoms with van der Waals surface area (Å²) < 4.78 is 6.70. The van der Waals surface area contributed by atoms with Crippen LogP contribution >= 0.6 is 15.9 Å². The summed E-state index contributed by atoms with van der Waals surface area (Å²) in [6.07, 6.45) is 0.572. The lowest BCUT2D eigenvalue weighted by Crippen LogP contribution is -2.33. The Hall–Kier alpha value is -0.540. The molecule has 0 radical (unpaired) electrons. The molecule has 2 nitrogen and oxygen atoms in total. The zero-order chi connectivity index (χ0) is 9.92. The van der Waals surface area contributed by atoms with E-state index >= 15 is 0 Å². The first-order valence-electron chi connectivity index (χ1n) is 4.81. The number of hydrogen-bond donors (Lipinski definition) is 1. The number of nitrogens with one attached hydrogen (secondary N) is 1. The molecule has 3 heteroatoms. The van der Waals surface area contributed by atoms with Crippen LogP contribution < -0.4 is 5.32 Å². The molecule has 2 atom stereocenters. The minimum Gasteiger partial charge on any atom is -0.358 e. The molecular weight excluding hydrogens is 242 g/mol. The minimum atomic E-state index is 0.131. The van der Waals surface area contributed by atoms with Crippen LogP contribution in [0, 0.1) is 0 Å². The Morgan fingerprint density at radius 3 is 3.00 bits per heavy atom. The molecule has 0 spiro atoms. The first-order chi connectivity index (χ1) is 6.59. The normalized spacial score (nSPS) is 31.4. The maximum absolute atomic E-state index is 5.59. The molecule has 2 unspecified atom stereocenters. The van der Waals surface area contributed by atoms with Crippen molar-refractivity contribution in [1.82, 2.24) is 0 Å². The average Bonchev–Trinajstić information content (AvgIpc) is 2.83. The molecule has 0 aliphatic carbocycles. The van der Waals surface area contributed by atoms with Gasteiger partial charge in [0, 0.05) is 15.6 Å². The second-order valence-electron chi connectivity index (χ2n) is 4.53. The number of epoxide rings is 1. The van der Waals surface area contributed by atoms with Crippen LogP contribution in [0.3, 0.4) is 0 Å². The summed E-state index contributed by atoms with van der Waals surface area (Å²) in [5, 5.41) is 3.38. The number of anilines is 1. The van der Waals surface area contributed by atoms with Gasteiger partial charge in [-0.05, 0) is 17.7 Å². The molecule has 2 heterocycles. The van der Waals surface area contributed by atoms with Crippen molar-refractivity contribution in [2.75, 3.05) is 5.32 Å². The van der Waals surface area contributed by atoms with Crippen LogP contribution in [0.25, 0.3) is 0 Å². The van der Waals surface area contributed by atoms with Gasteiger partial charge in [-0.2, -0.15) is 0 Å². The minimum absolute atomic E-state index is 0.131. The van der Waals surface area contributed by atoms with Crippen molar-refractivity contribution < 1.29 is 4.74 Å². The first-order valence-corrected chi connectivity index (χ1v) is 5.60. The molecule has 1 fully saturated rings. The van der Waals surface area contributed by atoms with E-state index in [4.69, 9.17) is 4.74 Å². The Morgan fingerprint density at radius 1 is 1.43 bits per heavy atom. The van der Waals surface area contributed by atoms with Crippen LogP contribution in [0.2, 0.25) is 0 Å². The van der Waals surface area contributed by atoms with Gasteiger partial charge in [0.05, 0.1) is 0 Å². The molecule has 3 rings (SSSR count). The monoisotopic (exact) mass is 253 g/mol. The zero-order valence-corrected chi connectivity index (χ0v) is 9.76. The van der Waals surface area contributed by atoms with E-state index < -0.39 is 0 Å². The number of benzene rings is 1.